The van der Waals surface area contributed by atoms with Crippen LogP contribution in [0.2, 0.25) is 0 Å². The molecule has 0 bridgehead atoms. The number of thiazole rings is 1. The maximum atomic E-state index is 6.08. The number of nitrogens with zero attached hydrogens (tertiary/aromatic N) is 2. The average Bonchev–Trinajstić information content (AvgIpc) is 2.99. The van der Waals surface area contributed by atoms with Crippen LogP contribution in [0.15, 0.2) is 23.7 Å². The van der Waals surface area contributed by atoms with Crippen molar-refractivity contribution in [3.8, 4) is 11.6 Å². The number of rotatable bonds is 3. The largest absolute Gasteiger partial charge is 0.437 e. The van der Waals surface area contributed by atoms with E-state index in [4.69, 9.17) is 10.5 Å². The number of aryl methyl sites for hydroxylation is 2. The highest BCUT2D eigenvalue weighted by molar-refractivity contribution is 7.15. The van der Waals surface area contributed by atoms with E-state index in [-0.39, 0.29) is 0 Å². The quantitative estimate of drug-likeness (QED) is 0.801. The number of ether oxygens (including phenoxy) is 1. The second kappa shape index (κ2) is 4.92. The van der Waals surface area contributed by atoms with Crippen molar-refractivity contribution in [2.75, 3.05) is 0 Å². The van der Waals surface area contributed by atoms with Crippen LogP contribution < -0.4 is 10.5 Å². The maximum Gasteiger partial charge on any atom is 0.243 e. The third-order valence-electron chi connectivity index (χ3n) is 3.59. The minimum atomic E-state index is 0.400. The second-order valence-electron chi connectivity index (χ2n) is 4.88. The number of aromatic nitrogens is 2. The minimum absolute atomic E-state index is 0.400. The highest BCUT2D eigenvalue weighted by atomic mass is 32.1. The lowest BCUT2D eigenvalue weighted by atomic mass is 10.1. The molecule has 0 amide bonds. The van der Waals surface area contributed by atoms with Crippen LogP contribution in [0.4, 0.5) is 0 Å². The number of fused-ring (bicyclic) bond motifs is 1. The first kappa shape index (κ1) is 13.1. The van der Waals surface area contributed by atoms with Gasteiger partial charge in [-0.1, -0.05) is 12.1 Å². The zero-order valence-electron chi connectivity index (χ0n) is 11.8. The Bertz CT molecular complexity index is 773. The summed E-state index contributed by atoms with van der Waals surface area (Å²) in [5, 5.41) is 1.99. The van der Waals surface area contributed by atoms with Crippen molar-refractivity contribution >= 4 is 16.3 Å². The summed E-state index contributed by atoms with van der Waals surface area (Å²) in [6.07, 6.45) is 1.97. The molecule has 0 fully saturated rings. The van der Waals surface area contributed by atoms with Gasteiger partial charge in [-0.3, -0.25) is 4.40 Å². The molecule has 4 nitrogen and oxygen atoms in total. The van der Waals surface area contributed by atoms with Crippen molar-refractivity contribution in [2.24, 2.45) is 5.73 Å². The molecular formula is C15H17N3OS. The van der Waals surface area contributed by atoms with E-state index in [1.54, 1.807) is 11.3 Å². The molecule has 5 heteroatoms. The predicted molar refractivity (Wildman–Crippen MR) is 81.7 cm³/mol. The zero-order valence-corrected chi connectivity index (χ0v) is 12.6. The summed E-state index contributed by atoms with van der Waals surface area (Å²) in [6.45, 7) is 6.59. The SMILES string of the molecule is Cc1ccc(C)c(Oc2nc3sccn3c2CN)c1C. The molecule has 20 heavy (non-hydrogen) atoms. The Morgan fingerprint density at radius 3 is 2.75 bits per heavy atom. The number of benzene rings is 1. The van der Waals surface area contributed by atoms with Crippen molar-refractivity contribution < 1.29 is 4.74 Å². The molecule has 3 aromatic rings. The molecule has 104 valence electrons. The van der Waals surface area contributed by atoms with Crippen molar-refractivity contribution in [2.45, 2.75) is 27.3 Å². The average molecular weight is 287 g/mol. The van der Waals surface area contributed by atoms with Crippen LogP contribution in [0, 0.1) is 20.8 Å². The minimum Gasteiger partial charge on any atom is -0.437 e. The van der Waals surface area contributed by atoms with Gasteiger partial charge in [0.05, 0.1) is 0 Å². The number of hydrogen-bond acceptors (Lipinski definition) is 4. The summed E-state index contributed by atoms with van der Waals surface area (Å²) < 4.78 is 8.07. The van der Waals surface area contributed by atoms with Crippen LogP contribution in [-0.4, -0.2) is 9.38 Å². The van der Waals surface area contributed by atoms with Crippen LogP contribution in [0.1, 0.15) is 22.4 Å². The van der Waals surface area contributed by atoms with Gasteiger partial charge in [-0.05, 0) is 37.5 Å². The molecule has 0 atom stereocenters. The van der Waals surface area contributed by atoms with Crippen LogP contribution in [-0.2, 0) is 6.54 Å². The Hall–Kier alpha value is -1.85. The van der Waals surface area contributed by atoms with Crippen LogP contribution in [0.25, 0.3) is 4.96 Å². The molecule has 2 heterocycles. The van der Waals surface area contributed by atoms with Crippen molar-refractivity contribution in [3.05, 3.63) is 46.1 Å². The molecule has 2 aromatic heterocycles. The van der Waals surface area contributed by atoms with E-state index in [9.17, 15) is 0 Å². The van der Waals surface area contributed by atoms with Gasteiger partial charge in [0.2, 0.25) is 5.88 Å². The molecule has 0 spiro atoms. The summed E-state index contributed by atoms with van der Waals surface area (Å²) >= 11 is 1.58. The van der Waals surface area contributed by atoms with Crippen molar-refractivity contribution in [1.29, 1.82) is 0 Å². The van der Waals surface area contributed by atoms with E-state index in [1.807, 2.05) is 22.9 Å². The van der Waals surface area contributed by atoms with Gasteiger partial charge in [0.15, 0.2) is 4.96 Å². The summed E-state index contributed by atoms with van der Waals surface area (Å²) in [5.41, 5.74) is 10.2. The lowest BCUT2D eigenvalue weighted by Crippen LogP contribution is -2.03. The fraction of sp³-hybridized carbons (Fsp3) is 0.267. The second-order valence-corrected chi connectivity index (χ2v) is 5.75. The van der Waals surface area contributed by atoms with Gasteiger partial charge in [-0.15, -0.1) is 11.3 Å². The van der Waals surface area contributed by atoms with Gasteiger partial charge in [-0.25, -0.2) is 0 Å². The van der Waals surface area contributed by atoms with Crippen molar-refractivity contribution in [1.82, 2.24) is 9.38 Å². The van der Waals surface area contributed by atoms with E-state index in [0.29, 0.717) is 12.4 Å². The molecule has 2 N–H and O–H groups in total. The van der Waals surface area contributed by atoms with Gasteiger partial charge in [0.25, 0.3) is 0 Å². The molecule has 0 unspecified atom stereocenters. The summed E-state index contributed by atoms with van der Waals surface area (Å²) in [5.74, 6) is 1.49. The van der Waals surface area contributed by atoms with Gasteiger partial charge in [0, 0.05) is 18.1 Å². The molecular weight excluding hydrogens is 270 g/mol. The normalized spacial score (nSPS) is 11.2. The molecule has 0 saturated carbocycles. The first-order chi connectivity index (χ1) is 9.61. The van der Waals surface area contributed by atoms with E-state index < -0.39 is 0 Å². The lowest BCUT2D eigenvalue weighted by molar-refractivity contribution is 0.452. The molecule has 1 aromatic carbocycles. The molecule has 0 aliphatic rings. The Labute approximate surface area is 121 Å². The van der Waals surface area contributed by atoms with E-state index in [1.165, 1.54) is 5.56 Å². The van der Waals surface area contributed by atoms with Crippen LogP contribution >= 0.6 is 11.3 Å². The lowest BCUT2D eigenvalue weighted by Gasteiger charge is -2.12. The number of hydrogen-bond donors (Lipinski definition) is 1. The summed E-state index contributed by atoms with van der Waals surface area (Å²) in [6, 6.07) is 4.17. The summed E-state index contributed by atoms with van der Waals surface area (Å²) in [7, 11) is 0. The molecule has 3 rings (SSSR count). The zero-order chi connectivity index (χ0) is 14.3. The van der Waals surface area contributed by atoms with Gasteiger partial charge in [-0.2, -0.15) is 4.98 Å². The maximum absolute atomic E-state index is 6.08. The first-order valence-corrected chi connectivity index (χ1v) is 7.39. The highest BCUT2D eigenvalue weighted by Crippen LogP contribution is 2.33. The molecule has 0 aliphatic carbocycles. The van der Waals surface area contributed by atoms with Gasteiger partial charge < -0.3 is 10.5 Å². The topological polar surface area (TPSA) is 52.5 Å². The Balaban J connectivity index is 2.09. The third-order valence-corrected chi connectivity index (χ3v) is 4.35. The van der Waals surface area contributed by atoms with Crippen LogP contribution in [0.5, 0.6) is 11.6 Å². The van der Waals surface area contributed by atoms with Crippen LogP contribution in [0.3, 0.4) is 0 Å². The monoisotopic (exact) mass is 287 g/mol. The summed E-state index contributed by atoms with van der Waals surface area (Å²) in [4.78, 5) is 5.44. The van der Waals surface area contributed by atoms with E-state index >= 15 is 0 Å². The first-order valence-electron chi connectivity index (χ1n) is 6.51. The smallest absolute Gasteiger partial charge is 0.243 e. The standard InChI is InChI=1S/C15H17N3OS/c1-9-4-5-10(2)13(11(9)3)19-14-12(8-16)18-6-7-20-15(18)17-14/h4-7H,8,16H2,1-3H3. The highest BCUT2D eigenvalue weighted by Gasteiger charge is 2.16. The van der Waals surface area contributed by atoms with E-state index in [0.717, 1.165) is 27.5 Å². The molecule has 0 saturated heterocycles. The van der Waals surface area contributed by atoms with Gasteiger partial charge in [0.1, 0.15) is 11.4 Å². The number of nitrogens with two attached hydrogens (primary N) is 1. The Morgan fingerprint density at radius 1 is 1.25 bits per heavy atom. The Morgan fingerprint density at radius 2 is 2.00 bits per heavy atom. The number of imidazole rings is 1. The van der Waals surface area contributed by atoms with Gasteiger partial charge >= 0.3 is 0 Å². The Kier molecular flexibility index (Phi) is 3.23. The van der Waals surface area contributed by atoms with E-state index in [2.05, 4.69) is 31.0 Å². The van der Waals surface area contributed by atoms with Crippen molar-refractivity contribution in [3.63, 3.8) is 0 Å². The third kappa shape index (κ3) is 1.99. The predicted octanol–water partition coefficient (Wildman–Crippen LogP) is 3.57. The fourth-order valence-electron chi connectivity index (χ4n) is 2.26. The fourth-order valence-corrected chi connectivity index (χ4v) is 2.98. The molecule has 0 radical (unpaired) electrons. The molecule has 0 aliphatic heterocycles.